The van der Waals surface area contributed by atoms with Crippen molar-refractivity contribution in [1.29, 1.82) is 0 Å². The lowest BCUT2D eigenvalue weighted by atomic mass is 10.1. The van der Waals surface area contributed by atoms with Crippen molar-refractivity contribution in [3.63, 3.8) is 0 Å². The van der Waals surface area contributed by atoms with Crippen LogP contribution >= 0.6 is 0 Å². The normalized spacial score (nSPS) is 13.3. The summed E-state index contributed by atoms with van der Waals surface area (Å²) in [4.78, 5) is 11.7. The number of carbonyl (C=O) groups is 1. The molecule has 3 rings (SSSR count). The van der Waals surface area contributed by atoms with Crippen LogP contribution < -0.4 is 20.1 Å². The number of aromatic nitrogens is 2. The molecule has 0 atom stereocenters. The first-order valence-corrected chi connectivity index (χ1v) is 9.07. The second kappa shape index (κ2) is 8.71. The second-order valence-corrected chi connectivity index (χ2v) is 6.34. The zero-order valence-electron chi connectivity index (χ0n) is 15.4. The predicted octanol–water partition coefficient (Wildman–Crippen LogP) is 1.86. The fraction of sp³-hybridized carbons (Fsp3) is 0.474. The van der Waals surface area contributed by atoms with Gasteiger partial charge in [0.05, 0.1) is 25.5 Å². The van der Waals surface area contributed by atoms with Crippen LogP contribution in [0.4, 0.5) is 0 Å². The number of aryl methyl sites for hydroxylation is 1. The van der Waals surface area contributed by atoms with Crippen molar-refractivity contribution in [2.75, 3.05) is 26.3 Å². The third kappa shape index (κ3) is 4.54. The summed E-state index contributed by atoms with van der Waals surface area (Å²) in [5, 5.41) is 10.6. The van der Waals surface area contributed by atoms with Crippen molar-refractivity contribution in [2.24, 2.45) is 7.05 Å². The van der Waals surface area contributed by atoms with Gasteiger partial charge in [0.25, 0.3) is 0 Å². The smallest absolute Gasteiger partial charge is 0.233 e. The van der Waals surface area contributed by atoms with Gasteiger partial charge in [-0.05, 0) is 24.6 Å². The summed E-state index contributed by atoms with van der Waals surface area (Å²) in [5.74, 6) is 1.53. The lowest BCUT2D eigenvalue weighted by Gasteiger charge is -2.10. The number of ether oxygens (including phenoxy) is 2. The summed E-state index contributed by atoms with van der Waals surface area (Å²) in [7, 11) is 1.89. The molecule has 26 heavy (non-hydrogen) atoms. The topological polar surface area (TPSA) is 77.4 Å². The Bertz CT molecular complexity index is 757. The maximum Gasteiger partial charge on any atom is 0.233 e. The molecule has 140 valence electrons. The van der Waals surface area contributed by atoms with E-state index >= 15 is 0 Å². The Morgan fingerprint density at radius 3 is 2.88 bits per heavy atom. The average molecular weight is 358 g/mol. The second-order valence-electron chi connectivity index (χ2n) is 6.34. The summed E-state index contributed by atoms with van der Waals surface area (Å²) < 4.78 is 13.3. The summed E-state index contributed by atoms with van der Waals surface area (Å²) in [5.41, 5.74) is 2.89. The molecule has 0 spiro atoms. The molecule has 1 aliphatic rings. The van der Waals surface area contributed by atoms with Crippen molar-refractivity contribution in [1.82, 2.24) is 20.4 Å². The quantitative estimate of drug-likeness (QED) is 0.790. The number of nitrogens with zero attached hydrogens (tertiary/aromatic N) is 2. The first-order chi connectivity index (χ1) is 12.7. The van der Waals surface area contributed by atoms with Gasteiger partial charge in [0.1, 0.15) is 0 Å². The highest BCUT2D eigenvalue weighted by molar-refractivity contribution is 5.78. The minimum atomic E-state index is 0.00729. The van der Waals surface area contributed by atoms with Gasteiger partial charge in [-0.2, -0.15) is 5.10 Å². The van der Waals surface area contributed by atoms with E-state index < -0.39 is 0 Å². The highest BCUT2D eigenvalue weighted by Gasteiger charge is 2.15. The molecule has 1 amide bonds. The fourth-order valence-electron chi connectivity index (χ4n) is 2.86. The van der Waals surface area contributed by atoms with Gasteiger partial charge in [-0.3, -0.25) is 9.48 Å². The van der Waals surface area contributed by atoms with Gasteiger partial charge < -0.3 is 20.1 Å². The van der Waals surface area contributed by atoms with Gasteiger partial charge >= 0.3 is 0 Å². The molecule has 0 radical (unpaired) electrons. The van der Waals surface area contributed by atoms with Crippen LogP contribution in [-0.4, -0.2) is 42.0 Å². The Morgan fingerprint density at radius 1 is 1.27 bits per heavy atom. The molecule has 1 aliphatic heterocycles. The van der Waals surface area contributed by atoms with Gasteiger partial charge in [-0.15, -0.1) is 0 Å². The van der Waals surface area contributed by atoms with Gasteiger partial charge in [0.2, 0.25) is 5.91 Å². The summed E-state index contributed by atoms with van der Waals surface area (Å²) in [6.45, 7) is 4.92. The Labute approximate surface area is 153 Å². The molecule has 7 nitrogen and oxygen atoms in total. The van der Waals surface area contributed by atoms with E-state index in [2.05, 4.69) is 15.7 Å². The average Bonchev–Trinajstić information content (AvgIpc) is 2.86. The van der Waals surface area contributed by atoms with Gasteiger partial charge in [-0.1, -0.05) is 6.92 Å². The van der Waals surface area contributed by atoms with Gasteiger partial charge in [-0.25, -0.2) is 0 Å². The third-order valence-corrected chi connectivity index (χ3v) is 4.10. The van der Waals surface area contributed by atoms with Crippen molar-refractivity contribution in [3.05, 3.63) is 30.0 Å². The van der Waals surface area contributed by atoms with Crippen molar-refractivity contribution < 1.29 is 14.3 Å². The molecule has 0 bridgehead atoms. The number of carbonyl (C=O) groups excluding carboxylic acids is 1. The first-order valence-electron chi connectivity index (χ1n) is 9.07. The summed E-state index contributed by atoms with van der Waals surface area (Å²) >= 11 is 0. The molecule has 0 fully saturated rings. The van der Waals surface area contributed by atoms with E-state index in [0.29, 0.717) is 26.3 Å². The van der Waals surface area contributed by atoms with Crippen LogP contribution in [0.3, 0.4) is 0 Å². The minimum absolute atomic E-state index is 0.00729. The number of hydrogen-bond acceptors (Lipinski definition) is 5. The Morgan fingerprint density at radius 2 is 2.08 bits per heavy atom. The lowest BCUT2D eigenvalue weighted by Crippen LogP contribution is -2.33. The monoisotopic (exact) mass is 358 g/mol. The number of nitrogens with one attached hydrogen (secondary N) is 2. The molecule has 0 saturated carbocycles. The van der Waals surface area contributed by atoms with Crippen LogP contribution in [-0.2, 0) is 18.4 Å². The Balaban J connectivity index is 1.71. The van der Waals surface area contributed by atoms with Crippen molar-refractivity contribution >= 4 is 5.91 Å². The van der Waals surface area contributed by atoms with E-state index in [-0.39, 0.29) is 12.5 Å². The van der Waals surface area contributed by atoms with E-state index in [1.165, 1.54) is 0 Å². The van der Waals surface area contributed by atoms with Crippen LogP contribution in [0.2, 0.25) is 0 Å². The number of fused-ring (bicyclic) bond motifs is 1. The predicted molar refractivity (Wildman–Crippen MR) is 99.3 cm³/mol. The molecule has 2 heterocycles. The Hall–Kier alpha value is -2.54. The summed E-state index contributed by atoms with van der Waals surface area (Å²) in [6, 6.07) is 5.90. The van der Waals surface area contributed by atoms with Crippen molar-refractivity contribution in [2.45, 2.75) is 26.3 Å². The van der Waals surface area contributed by atoms with E-state index in [1.807, 2.05) is 38.4 Å². The van der Waals surface area contributed by atoms with Crippen LogP contribution in [0, 0.1) is 0 Å². The summed E-state index contributed by atoms with van der Waals surface area (Å²) in [6.07, 6.45) is 3.78. The van der Waals surface area contributed by atoms with Gasteiger partial charge in [0.15, 0.2) is 11.5 Å². The van der Waals surface area contributed by atoms with Crippen molar-refractivity contribution in [3.8, 4) is 22.8 Å². The zero-order valence-corrected chi connectivity index (χ0v) is 15.4. The molecule has 7 heteroatoms. The lowest BCUT2D eigenvalue weighted by molar-refractivity contribution is -0.120. The minimum Gasteiger partial charge on any atom is -0.490 e. The SMILES string of the molecule is CCCNC(=O)CNCc1cn(C)nc1-c1ccc2c(c1)OCCCO2. The molecule has 1 aromatic carbocycles. The van der Waals surface area contributed by atoms with Crippen LogP contribution in [0.1, 0.15) is 25.3 Å². The molecule has 0 aliphatic carbocycles. The van der Waals surface area contributed by atoms with E-state index in [1.54, 1.807) is 4.68 Å². The van der Waals surface area contributed by atoms with E-state index in [4.69, 9.17) is 9.47 Å². The maximum atomic E-state index is 11.7. The number of benzene rings is 1. The molecular formula is C19H26N4O3. The largest absolute Gasteiger partial charge is 0.490 e. The number of hydrogen-bond donors (Lipinski definition) is 2. The van der Waals surface area contributed by atoms with Crippen LogP contribution in [0.25, 0.3) is 11.3 Å². The molecule has 0 unspecified atom stereocenters. The van der Waals surface area contributed by atoms with Crippen LogP contribution in [0.15, 0.2) is 24.4 Å². The third-order valence-electron chi connectivity index (χ3n) is 4.10. The zero-order chi connectivity index (χ0) is 18.4. The number of rotatable bonds is 7. The molecule has 1 aromatic heterocycles. The molecule has 2 N–H and O–H groups in total. The molecule has 0 saturated heterocycles. The standard InChI is InChI=1S/C19H26N4O3/c1-3-7-21-18(24)12-20-11-15-13-23(2)22-19(15)14-5-6-16-17(10-14)26-9-4-8-25-16/h5-6,10,13,20H,3-4,7-9,11-12H2,1-2H3,(H,21,24). The first kappa shape index (κ1) is 18.3. The highest BCUT2D eigenvalue weighted by atomic mass is 16.5. The molecule has 2 aromatic rings. The maximum absolute atomic E-state index is 11.7. The number of amides is 1. The van der Waals surface area contributed by atoms with Gasteiger partial charge in [0, 0.05) is 43.9 Å². The van der Waals surface area contributed by atoms with Crippen LogP contribution in [0.5, 0.6) is 11.5 Å². The molecular weight excluding hydrogens is 332 g/mol. The fourth-order valence-corrected chi connectivity index (χ4v) is 2.86. The Kier molecular flexibility index (Phi) is 6.12. The highest BCUT2D eigenvalue weighted by Crippen LogP contribution is 2.34. The van der Waals surface area contributed by atoms with E-state index in [0.717, 1.165) is 41.2 Å². The van der Waals surface area contributed by atoms with E-state index in [9.17, 15) is 4.79 Å².